The zero-order valence-electron chi connectivity index (χ0n) is 38.8. The Hall–Kier alpha value is -5.11. The van der Waals surface area contributed by atoms with E-state index in [-0.39, 0.29) is 65.7 Å². The number of ketones is 3. The number of alkyl carbamates (subject to hydrolysis) is 1. The molecule has 0 aromatic heterocycles. The van der Waals surface area contributed by atoms with Gasteiger partial charge in [0.25, 0.3) is 11.7 Å². The highest BCUT2D eigenvalue weighted by atomic mass is 16.7. The Labute approximate surface area is 380 Å². The number of aliphatic hydroxyl groups excluding tert-OH is 2. The van der Waals surface area contributed by atoms with Crippen LogP contribution in [0.25, 0.3) is 0 Å². The minimum Gasteiger partial charge on any atom is -0.507 e. The average Bonchev–Trinajstić information content (AvgIpc) is 3.55. The zero-order valence-corrected chi connectivity index (χ0v) is 38.8. The van der Waals surface area contributed by atoms with E-state index in [4.69, 9.17) is 23.7 Å². The van der Waals surface area contributed by atoms with E-state index in [9.17, 15) is 39.3 Å². The van der Waals surface area contributed by atoms with Crippen molar-refractivity contribution in [3.8, 4) is 11.5 Å². The minimum atomic E-state index is -2.10. The van der Waals surface area contributed by atoms with Crippen LogP contribution >= 0.6 is 0 Å². The van der Waals surface area contributed by atoms with Crippen LogP contribution in [0.4, 0.5) is 4.79 Å². The van der Waals surface area contributed by atoms with Gasteiger partial charge in [0, 0.05) is 101 Å². The number of piperazine rings is 1. The van der Waals surface area contributed by atoms with Crippen LogP contribution in [-0.4, -0.2) is 169 Å². The van der Waals surface area contributed by atoms with E-state index in [1.807, 2.05) is 0 Å². The van der Waals surface area contributed by atoms with Crippen molar-refractivity contribution in [3.05, 3.63) is 69.8 Å². The summed E-state index contributed by atoms with van der Waals surface area (Å²) in [6, 6.07) is 0. The van der Waals surface area contributed by atoms with E-state index in [1.54, 1.807) is 44.7 Å². The van der Waals surface area contributed by atoms with Crippen LogP contribution in [0.2, 0.25) is 0 Å². The molecule has 9 atom stereocenters. The highest BCUT2D eigenvalue weighted by Crippen LogP contribution is 2.49. The summed E-state index contributed by atoms with van der Waals surface area (Å²) >= 11 is 0. The molecule has 2 fully saturated rings. The quantitative estimate of drug-likeness (QED) is 0.277. The number of carbonyl (C=O) groups excluding carboxylic acids is 5. The van der Waals surface area contributed by atoms with E-state index in [0.29, 0.717) is 13.1 Å². The predicted octanol–water partition coefficient (Wildman–Crippen LogP) is 2.70. The van der Waals surface area contributed by atoms with Gasteiger partial charge in [0.15, 0.2) is 0 Å². The number of nitrogens with one attached hydrogen (secondary N) is 2. The number of amides is 2. The Morgan fingerprint density at radius 2 is 1.58 bits per heavy atom. The summed E-state index contributed by atoms with van der Waals surface area (Å²) in [7, 11) is 3.51. The number of aromatic hydroxyl groups is 1. The number of methoxy groups -OCH3 is 1. The van der Waals surface area contributed by atoms with E-state index in [2.05, 4.69) is 27.5 Å². The SMILES string of the molecule is CO[C@H]1C=CO[C@@]2(C)Oc3c(C)c(O)c4c(c3C2=O)C(=O)C(N2CCOCC2)=C(NC(=O)C(C)=CC=C[C@H](C)[C@H](O)[C@@H](C)[C@@H](O)[C@@H](C)[C@H](OC(=O)NCCN2CCN(C)CC2)[C@@H]1C)C4=O. The number of Topliss-reactive ketones (excluding diaryl/α,β-unsaturated/α-hetero) is 3. The number of allylic oxidation sites excluding steroid dienone is 4. The molecule has 5 aliphatic heterocycles. The largest absolute Gasteiger partial charge is 0.507 e. The van der Waals surface area contributed by atoms with Gasteiger partial charge in [0.05, 0.1) is 54.5 Å². The van der Waals surface area contributed by atoms with Crippen molar-refractivity contribution >= 4 is 29.4 Å². The van der Waals surface area contributed by atoms with Gasteiger partial charge in [-0.3, -0.25) is 24.1 Å². The number of benzene rings is 1. The van der Waals surface area contributed by atoms with Crippen LogP contribution in [-0.2, 0) is 23.7 Å². The maximum Gasteiger partial charge on any atom is 0.407 e. The van der Waals surface area contributed by atoms with Crippen molar-refractivity contribution < 1.29 is 63.0 Å². The first-order valence-corrected chi connectivity index (χ1v) is 22.4. The van der Waals surface area contributed by atoms with Gasteiger partial charge in [0.2, 0.25) is 11.6 Å². The van der Waals surface area contributed by atoms with Crippen molar-refractivity contribution in [2.24, 2.45) is 23.7 Å². The highest BCUT2D eigenvalue weighted by Gasteiger charge is 2.53. The average molecular weight is 908 g/mol. The van der Waals surface area contributed by atoms with Crippen molar-refractivity contribution in [1.82, 2.24) is 25.3 Å². The van der Waals surface area contributed by atoms with Gasteiger partial charge in [-0.15, -0.1) is 0 Å². The topological polar surface area (TPSA) is 226 Å². The molecule has 2 amide bonds. The number of phenolic OH excluding ortho intramolecular Hbond substituents is 1. The Balaban J connectivity index is 1.38. The third-order valence-electron chi connectivity index (χ3n) is 13.5. The predicted molar refractivity (Wildman–Crippen MR) is 237 cm³/mol. The number of likely N-dealkylation sites (N-methyl/N-ethyl adjacent to an activating group) is 1. The smallest absolute Gasteiger partial charge is 0.407 e. The maximum atomic E-state index is 14.8. The van der Waals surface area contributed by atoms with Crippen LogP contribution in [0.15, 0.2) is 47.5 Å². The molecule has 5 bridgehead atoms. The van der Waals surface area contributed by atoms with Gasteiger partial charge < -0.3 is 59.4 Å². The zero-order chi connectivity index (χ0) is 47.5. The monoisotopic (exact) mass is 907 g/mol. The third kappa shape index (κ3) is 10.2. The molecule has 18 nitrogen and oxygen atoms in total. The lowest BCUT2D eigenvalue weighted by Crippen LogP contribution is -2.49. The van der Waals surface area contributed by atoms with Gasteiger partial charge in [-0.2, -0.15) is 0 Å². The first-order valence-electron chi connectivity index (χ1n) is 22.4. The van der Waals surface area contributed by atoms with Crippen molar-refractivity contribution in [2.45, 2.75) is 78.7 Å². The second-order valence-corrected chi connectivity index (χ2v) is 18.0. The number of carbonyl (C=O) groups is 5. The fourth-order valence-electron chi connectivity index (χ4n) is 9.13. The molecular weight excluding hydrogens is 843 g/mol. The van der Waals surface area contributed by atoms with Crippen LogP contribution in [0, 0.1) is 30.6 Å². The fraction of sp³-hybridized carbons (Fsp3) is 0.596. The molecule has 1 aromatic rings. The fourth-order valence-corrected chi connectivity index (χ4v) is 9.13. The molecular formula is C47H65N5O13. The lowest BCUT2D eigenvalue weighted by Gasteiger charge is -2.38. The van der Waals surface area contributed by atoms with E-state index in [0.717, 1.165) is 26.2 Å². The summed E-state index contributed by atoms with van der Waals surface area (Å²) in [6.45, 7) is 16.6. The van der Waals surface area contributed by atoms with Crippen LogP contribution in [0.5, 0.6) is 11.5 Å². The number of hydrogen-bond acceptors (Lipinski definition) is 16. The van der Waals surface area contributed by atoms with Crippen molar-refractivity contribution in [1.29, 1.82) is 0 Å². The Bertz CT molecular complexity index is 2140. The summed E-state index contributed by atoms with van der Waals surface area (Å²) in [4.78, 5) is 77.2. The molecule has 2 saturated heterocycles. The summed E-state index contributed by atoms with van der Waals surface area (Å²) in [5.74, 6) is -8.70. The second kappa shape index (κ2) is 20.6. The Kier molecular flexibility index (Phi) is 15.6. The lowest BCUT2D eigenvalue weighted by molar-refractivity contribution is -0.116. The Morgan fingerprint density at radius 1 is 0.908 bits per heavy atom. The molecule has 0 radical (unpaired) electrons. The summed E-state index contributed by atoms with van der Waals surface area (Å²) in [5, 5.41) is 40.4. The van der Waals surface area contributed by atoms with Gasteiger partial charge in [0.1, 0.15) is 29.0 Å². The van der Waals surface area contributed by atoms with E-state index >= 15 is 0 Å². The number of hydrogen-bond donors (Lipinski definition) is 5. The highest BCUT2D eigenvalue weighted by molar-refractivity contribution is 6.32. The summed E-state index contributed by atoms with van der Waals surface area (Å²) in [6.07, 6.45) is 2.62. The standard InChI is InChI=1S/C47H65N5O13/c1-25-11-10-12-26(2)45(59)49-35-36(52-20-23-62-24-21-52)41(57)32-33(40(35)56)39(55)30(6)43-34(32)44(58)47(7,65-43)63-22-13-31(61-9)27(3)42(29(5)38(54)28(4)37(25)53)64-46(60)48-14-15-51-18-16-50(8)17-19-51/h10-13,22,25,27-29,31,37-38,42,53-55H,14-21,23-24H2,1-9H3,(H,48,60)(H,49,59)/t25-,27+,28+,29+,31-,37-,38+,42+,47-/m0/s1. The minimum absolute atomic E-state index is 0.0000556. The number of fused-ring (bicyclic) bond motifs is 14. The summed E-state index contributed by atoms with van der Waals surface area (Å²) in [5.41, 5.74) is -1.48. The van der Waals surface area contributed by atoms with Crippen LogP contribution in [0.1, 0.15) is 78.2 Å². The molecule has 65 heavy (non-hydrogen) atoms. The lowest BCUT2D eigenvalue weighted by atomic mass is 9.78. The molecule has 18 heteroatoms. The Morgan fingerprint density at radius 3 is 2.25 bits per heavy atom. The molecule has 0 spiro atoms. The molecule has 0 unspecified atom stereocenters. The van der Waals surface area contributed by atoms with Crippen molar-refractivity contribution in [2.75, 3.05) is 79.7 Å². The normalized spacial score (nSPS) is 31.1. The second-order valence-electron chi connectivity index (χ2n) is 18.0. The van der Waals surface area contributed by atoms with Gasteiger partial charge in [-0.25, -0.2) is 4.79 Å². The van der Waals surface area contributed by atoms with Gasteiger partial charge >= 0.3 is 11.9 Å². The van der Waals surface area contributed by atoms with Crippen LogP contribution < -0.4 is 15.4 Å². The first-order chi connectivity index (χ1) is 30.8. The molecule has 6 aliphatic rings. The molecule has 1 aromatic carbocycles. The van der Waals surface area contributed by atoms with E-state index in [1.165, 1.54) is 46.3 Å². The summed E-state index contributed by atoms with van der Waals surface area (Å²) < 4.78 is 29.6. The number of phenols is 1. The molecule has 1 aliphatic carbocycles. The number of nitrogens with zero attached hydrogens (tertiary/aromatic N) is 3. The molecule has 356 valence electrons. The van der Waals surface area contributed by atoms with Crippen molar-refractivity contribution in [3.63, 3.8) is 0 Å². The van der Waals surface area contributed by atoms with Crippen LogP contribution in [0.3, 0.4) is 0 Å². The maximum absolute atomic E-state index is 14.8. The van der Waals surface area contributed by atoms with Gasteiger partial charge in [-0.1, -0.05) is 45.9 Å². The molecule has 7 rings (SSSR count). The number of rotatable bonds is 6. The number of aliphatic hydroxyl groups is 2. The number of morpholine rings is 1. The molecule has 5 heterocycles. The third-order valence-corrected chi connectivity index (χ3v) is 13.5. The van der Waals surface area contributed by atoms with Gasteiger partial charge in [-0.05, 0) is 27.0 Å². The molecule has 0 saturated carbocycles. The molecule has 5 N–H and O–H groups in total. The first kappa shape index (κ1) is 49.3. The number of ether oxygens (including phenoxy) is 5. The van der Waals surface area contributed by atoms with E-state index < -0.39 is 94.5 Å².